The van der Waals surface area contributed by atoms with Crippen molar-refractivity contribution >= 4 is 29.0 Å². The minimum atomic E-state index is -4.35. The van der Waals surface area contributed by atoms with Crippen molar-refractivity contribution in [2.45, 2.75) is 12.3 Å². The first-order chi connectivity index (χ1) is 7.88. The Morgan fingerprint density at radius 2 is 1.88 bits per heavy atom. The smallest absolute Gasteiger partial charge is 0.419 e. The molecule has 0 bridgehead atoms. The lowest BCUT2D eigenvalue weighted by molar-refractivity contribution is -0.137. The van der Waals surface area contributed by atoms with Gasteiger partial charge in [0.1, 0.15) is 6.10 Å². The number of carbonyl (C=O) groups is 1. The number of amides is 1. The summed E-state index contributed by atoms with van der Waals surface area (Å²) in [6.07, 6.45) is -5.32. The van der Waals surface area contributed by atoms with E-state index in [2.05, 4.69) is 0 Å². The van der Waals surface area contributed by atoms with Crippen LogP contribution in [-0.2, 0) is 10.9 Å². The van der Waals surface area contributed by atoms with Crippen LogP contribution in [0.1, 0.15) is 17.2 Å². The molecule has 1 aromatic carbocycles. The lowest BCUT2D eigenvalue weighted by Gasteiger charge is -2.10. The van der Waals surface area contributed by atoms with E-state index in [1.54, 1.807) is 22.9 Å². The summed E-state index contributed by atoms with van der Waals surface area (Å²) in [7, 11) is 0. The zero-order chi connectivity index (χ0) is 12.6. The Morgan fingerprint density at radius 1 is 1.29 bits per heavy atom. The molecule has 1 unspecified atom stereocenters. The van der Waals surface area contributed by atoms with E-state index < -0.39 is 23.9 Å². The number of halogens is 4. The Bertz CT molecular complexity index is 432. The zero-order valence-corrected chi connectivity index (χ0v) is 10.5. The van der Waals surface area contributed by atoms with Crippen LogP contribution in [0.15, 0.2) is 24.3 Å². The molecule has 0 saturated carbocycles. The maximum Gasteiger partial charge on any atom is 0.419 e. The van der Waals surface area contributed by atoms with E-state index in [4.69, 9.17) is 4.74 Å². The van der Waals surface area contributed by atoms with Crippen LogP contribution >= 0.6 is 22.9 Å². The molecule has 1 aromatic rings. The molecule has 1 heterocycles. The second-order valence-corrected chi connectivity index (χ2v) is 4.70. The van der Waals surface area contributed by atoms with Crippen LogP contribution < -0.4 is 0 Å². The Labute approximate surface area is 109 Å². The zero-order valence-electron chi connectivity index (χ0n) is 8.37. The third kappa shape index (κ3) is 2.64. The predicted molar refractivity (Wildman–Crippen MR) is 61.4 cm³/mol. The molecule has 1 fully saturated rings. The summed E-state index contributed by atoms with van der Waals surface area (Å²) in [5.41, 5.74) is -0.151. The molecular weight excluding hydrogens is 350 g/mol. The number of hydrogen-bond acceptors (Lipinski definition) is 2. The van der Waals surface area contributed by atoms with Gasteiger partial charge in [-0.25, -0.2) is 7.91 Å². The summed E-state index contributed by atoms with van der Waals surface area (Å²) < 4.78 is 43.3. The van der Waals surface area contributed by atoms with Crippen molar-refractivity contribution in [3.8, 4) is 0 Å². The Kier molecular flexibility index (Phi) is 3.19. The van der Waals surface area contributed by atoms with Crippen LogP contribution in [0.5, 0.6) is 0 Å². The van der Waals surface area contributed by atoms with Gasteiger partial charge in [-0.2, -0.15) is 13.2 Å². The Hall–Kier alpha value is -0.990. The molecule has 0 radical (unpaired) electrons. The standard InChI is InChI=1S/C10H7F3INO2/c11-10(12,13)7-3-1-6(2-4-7)8-5-15(14)9(16)17-8/h1-4,8H,5H2. The van der Waals surface area contributed by atoms with Gasteiger partial charge in [0.25, 0.3) is 0 Å². The van der Waals surface area contributed by atoms with Crippen LogP contribution in [0, 0.1) is 0 Å². The SMILES string of the molecule is O=C1OC(c2ccc(C(F)(F)F)cc2)CN1I. The van der Waals surface area contributed by atoms with Crippen LogP contribution in [0.4, 0.5) is 18.0 Å². The van der Waals surface area contributed by atoms with Crippen LogP contribution in [0.2, 0.25) is 0 Å². The van der Waals surface area contributed by atoms with Gasteiger partial charge >= 0.3 is 12.3 Å². The number of rotatable bonds is 1. The predicted octanol–water partition coefficient (Wildman–Crippen LogP) is 3.55. The largest absolute Gasteiger partial charge is 0.439 e. The topological polar surface area (TPSA) is 29.5 Å². The highest BCUT2D eigenvalue weighted by Crippen LogP contribution is 2.32. The molecular formula is C10H7F3INO2. The van der Waals surface area contributed by atoms with E-state index in [0.29, 0.717) is 12.1 Å². The van der Waals surface area contributed by atoms with E-state index in [0.717, 1.165) is 12.1 Å². The van der Waals surface area contributed by atoms with E-state index in [1.807, 2.05) is 0 Å². The molecule has 17 heavy (non-hydrogen) atoms. The fourth-order valence-corrected chi connectivity index (χ4v) is 1.97. The molecule has 1 aliphatic rings. The summed E-state index contributed by atoms with van der Waals surface area (Å²) in [6.45, 7) is 0.338. The number of ether oxygens (including phenoxy) is 1. The first-order valence-electron chi connectivity index (χ1n) is 4.69. The van der Waals surface area contributed by atoms with E-state index >= 15 is 0 Å². The van der Waals surface area contributed by atoms with Gasteiger partial charge in [-0.05, 0) is 17.7 Å². The first-order valence-corrected chi connectivity index (χ1v) is 5.65. The number of nitrogens with zero attached hydrogens (tertiary/aromatic N) is 1. The number of hydrogen-bond donors (Lipinski definition) is 0. The second kappa shape index (κ2) is 4.35. The average Bonchev–Trinajstić information content (AvgIpc) is 2.58. The summed E-state index contributed by atoms with van der Waals surface area (Å²) in [6, 6.07) is 4.63. The minimum absolute atomic E-state index is 0.338. The maximum atomic E-state index is 12.3. The normalized spacial score (nSPS) is 20.6. The van der Waals surface area contributed by atoms with Gasteiger partial charge in [-0.1, -0.05) is 12.1 Å². The van der Waals surface area contributed by atoms with Crippen LogP contribution in [0.3, 0.4) is 0 Å². The van der Waals surface area contributed by atoms with Gasteiger partial charge in [0.15, 0.2) is 0 Å². The first kappa shape index (κ1) is 12.5. The molecule has 1 amide bonds. The molecule has 0 N–H and O–H groups in total. The van der Waals surface area contributed by atoms with Crippen molar-refractivity contribution in [3.63, 3.8) is 0 Å². The van der Waals surface area contributed by atoms with Gasteiger partial charge in [-0.15, -0.1) is 0 Å². The van der Waals surface area contributed by atoms with Crippen LogP contribution in [-0.4, -0.2) is 15.8 Å². The van der Waals surface area contributed by atoms with Crippen molar-refractivity contribution in [1.29, 1.82) is 0 Å². The maximum absolute atomic E-state index is 12.3. The molecule has 1 saturated heterocycles. The van der Waals surface area contributed by atoms with E-state index in [1.165, 1.54) is 15.2 Å². The summed E-state index contributed by atoms with van der Waals surface area (Å²) in [5.74, 6) is 0. The van der Waals surface area contributed by atoms with E-state index in [-0.39, 0.29) is 0 Å². The van der Waals surface area contributed by atoms with Crippen molar-refractivity contribution in [2.24, 2.45) is 0 Å². The van der Waals surface area contributed by atoms with Gasteiger partial charge in [-0.3, -0.25) is 0 Å². The minimum Gasteiger partial charge on any atom is -0.439 e. The molecule has 2 rings (SSSR count). The van der Waals surface area contributed by atoms with Gasteiger partial charge in [0, 0.05) is 0 Å². The van der Waals surface area contributed by atoms with Crippen molar-refractivity contribution < 1.29 is 22.7 Å². The van der Waals surface area contributed by atoms with Gasteiger partial charge in [0.2, 0.25) is 0 Å². The monoisotopic (exact) mass is 357 g/mol. The third-order valence-corrected chi connectivity index (χ3v) is 3.16. The molecule has 0 aliphatic carbocycles. The molecule has 0 spiro atoms. The number of cyclic esters (lactones) is 1. The summed E-state index contributed by atoms with van der Waals surface area (Å²) in [5, 5.41) is 0. The summed E-state index contributed by atoms with van der Waals surface area (Å²) >= 11 is 1.80. The Morgan fingerprint density at radius 3 is 2.29 bits per heavy atom. The van der Waals surface area contributed by atoms with Crippen molar-refractivity contribution in [2.75, 3.05) is 6.54 Å². The molecule has 1 aliphatic heterocycles. The highest BCUT2D eigenvalue weighted by molar-refractivity contribution is 14.1. The highest BCUT2D eigenvalue weighted by atomic mass is 127. The molecule has 7 heteroatoms. The van der Waals surface area contributed by atoms with Gasteiger partial charge in [0.05, 0.1) is 35.0 Å². The van der Waals surface area contributed by atoms with E-state index in [9.17, 15) is 18.0 Å². The number of carbonyl (C=O) groups excluding carboxylic acids is 1. The lowest BCUT2D eigenvalue weighted by Crippen LogP contribution is -2.10. The molecule has 3 nitrogen and oxygen atoms in total. The summed E-state index contributed by atoms with van der Waals surface area (Å²) in [4.78, 5) is 11.1. The number of benzene rings is 1. The lowest BCUT2D eigenvalue weighted by atomic mass is 10.1. The highest BCUT2D eigenvalue weighted by Gasteiger charge is 2.33. The molecule has 0 aromatic heterocycles. The fourth-order valence-electron chi connectivity index (χ4n) is 1.50. The Balaban J connectivity index is 2.17. The molecule has 1 atom stereocenters. The van der Waals surface area contributed by atoms with Crippen molar-refractivity contribution in [1.82, 2.24) is 3.11 Å². The third-order valence-electron chi connectivity index (χ3n) is 2.38. The number of alkyl halides is 3. The second-order valence-electron chi connectivity index (χ2n) is 3.54. The quantitative estimate of drug-likeness (QED) is 0.568. The van der Waals surface area contributed by atoms with Gasteiger partial charge < -0.3 is 4.74 Å². The van der Waals surface area contributed by atoms with Crippen molar-refractivity contribution in [3.05, 3.63) is 35.4 Å². The fraction of sp³-hybridized carbons (Fsp3) is 0.300. The molecule has 92 valence electrons. The average molecular weight is 357 g/mol. The van der Waals surface area contributed by atoms with Crippen LogP contribution in [0.25, 0.3) is 0 Å².